The first-order valence-corrected chi connectivity index (χ1v) is 5.78. The maximum atomic E-state index is 9.72. The van der Waals surface area contributed by atoms with Crippen LogP contribution in [0, 0.1) is 11.3 Å². The van der Waals surface area contributed by atoms with E-state index >= 15 is 0 Å². The zero-order valence-corrected chi connectivity index (χ0v) is 10.4. The van der Waals surface area contributed by atoms with E-state index in [4.69, 9.17) is 19.8 Å². The van der Waals surface area contributed by atoms with Crippen LogP contribution in [0.1, 0.15) is 20.3 Å². The predicted octanol–water partition coefficient (Wildman–Crippen LogP) is -1.50. The number of aliphatic hydroxyl groups excluding tert-OH is 4. The SMILES string of the molecule is CC[C@](C)(C#N)O[C@@H]1OC(CO)[C@@H](O)C(O)C1O. The van der Waals surface area contributed by atoms with Crippen LogP contribution in [0.15, 0.2) is 0 Å². The Morgan fingerprint density at radius 1 is 1.28 bits per heavy atom. The second-order valence-electron chi connectivity index (χ2n) is 4.51. The molecule has 1 rings (SSSR count). The molecule has 1 fully saturated rings. The van der Waals surface area contributed by atoms with Gasteiger partial charge < -0.3 is 29.9 Å². The van der Waals surface area contributed by atoms with Crippen molar-refractivity contribution in [1.29, 1.82) is 5.26 Å². The summed E-state index contributed by atoms with van der Waals surface area (Å²) in [5.74, 6) is 0. The molecule has 0 aromatic carbocycles. The van der Waals surface area contributed by atoms with Crippen LogP contribution in [-0.2, 0) is 9.47 Å². The summed E-state index contributed by atoms with van der Waals surface area (Å²) < 4.78 is 10.5. The van der Waals surface area contributed by atoms with Gasteiger partial charge in [-0.2, -0.15) is 5.26 Å². The molecule has 0 aromatic heterocycles. The van der Waals surface area contributed by atoms with Gasteiger partial charge in [0.05, 0.1) is 12.7 Å². The second-order valence-corrected chi connectivity index (χ2v) is 4.51. The van der Waals surface area contributed by atoms with Crippen LogP contribution in [0.25, 0.3) is 0 Å². The van der Waals surface area contributed by atoms with Gasteiger partial charge >= 0.3 is 0 Å². The topological polar surface area (TPSA) is 123 Å². The van der Waals surface area contributed by atoms with E-state index in [1.807, 2.05) is 6.07 Å². The number of nitriles is 1. The van der Waals surface area contributed by atoms with Gasteiger partial charge in [-0.25, -0.2) is 0 Å². The van der Waals surface area contributed by atoms with Gasteiger partial charge in [0.25, 0.3) is 0 Å². The minimum atomic E-state index is -1.50. The van der Waals surface area contributed by atoms with Gasteiger partial charge in [0.2, 0.25) is 0 Å². The number of aliphatic hydroxyl groups is 4. The summed E-state index contributed by atoms with van der Waals surface area (Å²) in [6.45, 7) is 2.72. The van der Waals surface area contributed by atoms with Gasteiger partial charge in [-0.05, 0) is 13.3 Å². The molecule has 6 atom stereocenters. The summed E-state index contributed by atoms with van der Waals surface area (Å²) in [5, 5.41) is 46.8. The molecule has 4 N–H and O–H groups in total. The van der Waals surface area contributed by atoms with Crippen LogP contribution in [0.3, 0.4) is 0 Å². The van der Waals surface area contributed by atoms with Gasteiger partial charge in [-0.3, -0.25) is 0 Å². The largest absolute Gasteiger partial charge is 0.394 e. The monoisotopic (exact) mass is 261 g/mol. The highest BCUT2D eigenvalue weighted by atomic mass is 16.7. The Morgan fingerprint density at radius 3 is 2.33 bits per heavy atom. The van der Waals surface area contributed by atoms with Crippen molar-refractivity contribution in [2.75, 3.05) is 6.61 Å². The Hall–Kier alpha value is -0.750. The molecular formula is C11H19NO6. The molecule has 0 aromatic rings. The molecule has 0 saturated carbocycles. The number of rotatable bonds is 4. The van der Waals surface area contributed by atoms with Crippen molar-refractivity contribution in [2.45, 2.75) is 56.6 Å². The predicted molar refractivity (Wildman–Crippen MR) is 59.2 cm³/mol. The van der Waals surface area contributed by atoms with Crippen LogP contribution >= 0.6 is 0 Å². The molecule has 0 radical (unpaired) electrons. The zero-order chi connectivity index (χ0) is 13.9. The Kier molecular flexibility index (Phi) is 5.04. The first-order valence-electron chi connectivity index (χ1n) is 5.78. The van der Waals surface area contributed by atoms with Crippen molar-refractivity contribution in [3.05, 3.63) is 0 Å². The smallest absolute Gasteiger partial charge is 0.188 e. The fourth-order valence-corrected chi connectivity index (χ4v) is 1.61. The number of nitrogens with zero attached hydrogens (tertiary/aromatic N) is 1. The van der Waals surface area contributed by atoms with Crippen LogP contribution in [0.4, 0.5) is 0 Å². The summed E-state index contributed by atoms with van der Waals surface area (Å²) in [4.78, 5) is 0. The molecule has 18 heavy (non-hydrogen) atoms. The quantitative estimate of drug-likeness (QED) is 0.485. The van der Waals surface area contributed by atoms with Gasteiger partial charge in [-0.1, -0.05) is 6.92 Å². The lowest BCUT2D eigenvalue weighted by Gasteiger charge is -2.41. The third-order valence-corrected chi connectivity index (χ3v) is 3.14. The van der Waals surface area contributed by atoms with E-state index < -0.39 is 42.9 Å². The molecule has 0 amide bonds. The lowest BCUT2D eigenvalue weighted by atomic mass is 9.98. The molecule has 1 aliphatic heterocycles. The summed E-state index contributed by atoms with van der Waals surface area (Å²) in [6.07, 6.45) is -6.36. The standard InChI is InChI=1S/C11H19NO6/c1-3-11(2,5-12)18-10-9(16)8(15)7(14)6(4-13)17-10/h6-10,13-16H,3-4H2,1-2H3/t6?,7-,8?,9?,10+,11-/m1/s1. The van der Waals surface area contributed by atoms with E-state index in [1.54, 1.807) is 6.92 Å². The normalized spacial score (nSPS) is 39.9. The van der Waals surface area contributed by atoms with Crippen LogP contribution in [0.5, 0.6) is 0 Å². The molecule has 3 unspecified atom stereocenters. The van der Waals surface area contributed by atoms with Crippen molar-refractivity contribution in [3.8, 4) is 6.07 Å². The molecule has 1 heterocycles. The van der Waals surface area contributed by atoms with E-state index in [-0.39, 0.29) is 0 Å². The second kappa shape index (κ2) is 5.93. The average Bonchev–Trinajstić information content (AvgIpc) is 2.39. The van der Waals surface area contributed by atoms with Gasteiger partial charge in [0.15, 0.2) is 11.9 Å². The first-order chi connectivity index (χ1) is 8.38. The Bertz CT molecular complexity index is 317. The third-order valence-electron chi connectivity index (χ3n) is 3.14. The van der Waals surface area contributed by atoms with Crippen molar-refractivity contribution in [2.24, 2.45) is 0 Å². The van der Waals surface area contributed by atoms with Gasteiger partial charge in [0, 0.05) is 0 Å². The summed E-state index contributed by atoms with van der Waals surface area (Å²) in [7, 11) is 0. The molecule has 1 aliphatic rings. The Balaban J connectivity index is 2.80. The third kappa shape index (κ3) is 2.98. The Morgan fingerprint density at radius 2 is 1.89 bits per heavy atom. The Labute approximate surface area is 105 Å². The lowest BCUT2D eigenvalue weighted by Crippen LogP contribution is -2.60. The highest BCUT2D eigenvalue weighted by Gasteiger charge is 2.46. The molecular weight excluding hydrogens is 242 g/mol. The molecule has 0 aliphatic carbocycles. The van der Waals surface area contributed by atoms with Gasteiger partial charge in [0.1, 0.15) is 24.4 Å². The molecule has 104 valence electrons. The van der Waals surface area contributed by atoms with Crippen LogP contribution < -0.4 is 0 Å². The van der Waals surface area contributed by atoms with Crippen molar-refractivity contribution >= 4 is 0 Å². The van der Waals surface area contributed by atoms with Crippen molar-refractivity contribution < 1.29 is 29.9 Å². The summed E-state index contributed by atoms with van der Waals surface area (Å²) >= 11 is 0. The van der Waals surface area contributed by atoms with Crippen LogP contribution in [0.2, 0.25) is 0 Å². The number of hydrogen-bond donors (Lipinski definition) is 4. The highest BCUT2D eigenvalue weighted by molar-refractivity contribution is 4.99. The van der Waals surface area contributed by atoms with E-state index in [0.29, 0.717) is 6.42 Å². The maximum Gasteiger partial charge on any atom is 0.188 e. The highest BCUT2D eigenvalue weighted by Crippen LogP contribution is 2.26. The maximum absolute atomic E-state index is 9.72. The minimum absolute atomic E-state index is 0.360. The summed E-state index contributed by atoms with van der Waals surface area (Å²) in [5.41, 5.74) is -1.17. The fraction of sp³-hybridized carbons (Fsp3) is 0.909. The average molecular weight is 261 g/mol. The zero-order valence-electron chi connectivity index (χ0n) is 10.4. The fourth-order valence-electron chi connectivity index (χ4n) is 1.61. The molecule has 0 bridgehead atoms. The number of ether oxygens (including phenoxy) is 2. The van der Waals surface area contributed by atoms with E-state index in [1.165, 1.54) is 6.92 Å². The number of hydrogen-bond acceptors (Lipinski definition) is 7. The summed E-state index contributed by atoms with van der Waals surface area (Å²) in [6, 6.07) is 1.93. The van der Waals surface area contributed by atoms with E-state index in [9.17, 15) is 15.3 Å². The molecule has 7 heteroatoms. The van der Waals surface area contributed by atoms with Crippen molar-refractivity contribution in [1.82, 2.24) is 0 Å². The molecule has 1 saturated heterocycles. The first kappa shape index (κ1) is 15.3. The van der Waals surface area contributed by atoms with Crippen molar-refractivity contribution in [3.63, 3.8) is 0 Å². The molecule has 7 nitrogen and oxygen atoms in total. The van der Waals surface area contributed by atoms with Gasteiger partial charge in [-0.15, -0.1) is 0 Å². The van der Waals surface area contributed by atoms with E-state index in [2.05, 4.69) is 0 Å². The van der Waals surface area contributed by atoms with Crippen LogP contribution in [-0.4, -0.2) is 63.3 Å². The lowest BCUT2D eigenvalue weighted by molar-refractivity contribution is -0.318. The van der Waals surface area contributed by atoms with E-state index in [0.717, 1.165) is 0 Å². The minimum Gasteiger partial charge on any atom is -0.394 e. The molecule has 0 spiro atoms.